The summed E-state index contributed by atoms with van der Waals surface area (Å²) in [7, 11) is 4.24. The van der Waals surface area contributed by atoms with Crippen LogP contribution in [0.25, 0.3) is 0 Å². The van der Waals surface area contributed by atoms with Gasteiger partial charge in [-0.2, -0.15) is 0 Å². The summed E-state index contributed by atoms with van der Waals surface area (Å²) in [6, 6.07) is 0. The van der Waals surface area contributed by atoms with Crippen LogP contribution < -0.4 is 10.6 Å². The van der Waals surface area contributed by atoms with E-state index in [9.17, 15) is 19.2 Å². The van der Waals surface area contributed by atoms with Crippen molar-refractivity contribution in [1.29, 1.82) is 0 Å². The van der Waals surface area contributed by atoms with Crippen LogP contribution in [0.15, 0.2) is 48.6 Å². The molecule has 2 rings (SSSR count). The van der Waals surface area contributed by atoms with Crippen LogP contribution in [0, 0.1) is 0 Å². The lowest BCUT2D eigenvalue weighted by molar-refractivity contribution is -0.156. The summed E-state index contributed by atoms with van der Waals surface area (Å²) in [5.74, 6) is -0.848. The number of esters is 2. The van der Waals surface area contributed by atoms with Crippen LogP contribution in [0.3, 0.4) is 0 Å². The van der Waals surface area contributed by atoms with E-state index in [1.165, 1.54) is 51.4 Å². The summed E-state index contributed by atoms with van der Waals surface area (Å²) in [6.07, 6.45) is 39.8. The lowest BCUT2D eigenvalue weighted by Crippen LogP contribution is -2.47. The van der Waals surface area contributed by atoms with Gasteiger partial charge in [0.25, 0.3) is 0 Å². The summed E-state index contributed by atoms with van der Waals surface area (Å²) >= 11 is 0. The Morgan fingerprint density at radius 2 is 0.764 bits per heavy atom. The Labute approximate surface area is 438 Å². The predicted molar refractivity (Wildman–Crippen MR) is 294 cm³/mol. The van der Waals surface area contributed by atoms with Crippen molar-refractivity contribution in [2.75, 3.05) is 106 Å². The molecule has 14 nitrogen and oxygen atoms in total. The van der Waals surface area contributed by atoms with Crippen molar-refractivity contribution in [3.63, 3.8) is 0 Å². The van der Waals surface area contributed by atoms with Crippen molar-refractivity contribution in [2.24, 2.45) is 0 Å². The third-order valence-electron chi connectivity index (χ3n) is 13.4. The Kier molecular flexibility index (Phi) is 41.0. The van der Waals surface area contributed by atoms with Crippen LogP contribution in [0.5, 0.6) is 0 Å². The van der Waals surface area contributed by atoms with Crippen LogP contribution in [-0.4, -0.2) is 162 Å². The van der Waals surface area contributed by atoms with Gasteiger partial charge in [-0.05, 0) is 117 Å². The zero-order valence-electron chi connectivity index (χ0n) is 46.1. The fourth-order valence-electron chi connectivity index (χ4n) is 8.58. The summed E-state index contributed by atoms with van der Waals surface area (Å²) in [5, 5.41) is 5.66. The van der Waals surface area contributed by atoms with E-state index in [0.29, 0.717) is 25.9 Å². The van der Waals surface area contributed by atoms with Crippen molar-refractivity contribution in [3.8, 4) is 0 Å². The van der Waals surface area contributed by atoms with Gasteiger partial charge in [0, 0.05) is 78.3 Å². The van der Waals surface area contributed by atoms with Gasteiger partial charge in [0.1, 0.15) is 13.2 Å². The van der Waals surface area contributed by atoms with Crippen molar-refractivity contribution < 1.29 is 38.1 Å². The minimum atomic E-state index is -1.21. The third-order valence-corrected chi connectivity index (χ3v) is 13.4. The summed E-state index contributed by atoms with van der Waals surface area (Å²) in [4.78, 5) is 62.2. The monoisotopic (exact) mass is 1010 g/mol. The Balaban J connectivity index is 1.93. The van der Waals surface area contributed by atoms with Gasteiger partial charge in [-0.1, -0.05) is 127 Å². The van der Waals surface area contributed by atoms with Gasteiger partial charge in [-0.3, -0.25) is 9.59 Å². The van der Waals surface area contributed by atoms with Gasteiger partial charge in [0.05, 0.1) is 0 Å². The van der Waals surface area contributed by atoms with E-state index in [-0.39, 0.29) is 26.1 Å². The summed E-state index contributed by atoms with van der Waals surface area (Å²) in [6.45, 7) is 14.2. The van der Waals surface area contributed by atoms with Crippen molar-refractivity contribution in [3.05, 3.63) is 48.6 Å². The highest BCUT2D eigenvalue weighted by Crippen LogP contribution is 2.14. The molecule has 2 heterocycles. The number of ether oxygens (including phenoxy) is 4. The first-order valence-corrected chi connectivity index (χ1v) is 28.8. The van der Waals surface area contributed by atoms with E-state index >= 15 is 0 Å². The quantitative estimate of drug-likeness (QED) is 0.0260. The Bertz CT molecular complexity index is 1370. The average molecular weight is 1010 g/mol. The number of carbonyl (C=O) groups is 4. The fraction of sp³-hybridized carbons (Fsp3) is 0.793. The highest BCUT2D eigenvalue weighted by molar-refractivity contribution is 5.71. The van der Waals surface area contributed by atoms with E-state index in [1.807, 2.05) is 0 Å². The molecule has 2 aliphatic heterocycles. The first-order chi connectivity index (χ1) is 35.2. The van der Waals surface area contributed by atoms with Crippen LogP contribution in [0.4, 0.5) is 9.59 Å². The van der Waals surface area contributed by atoms with Gasteiger partial charge >= 0.3 is 24.1 Å². The molecule has 72 heavy (non-hydrogen) atoms. The number of unbranched alkanes of at least 4 members (excludes halogenated alkanes) is 16. The zero-order valence-corrected chi connectivity index (χ0v) is 46.1. The molecule has 0 aliphatic carbocycles. The second-order valence-electron chi connectivity index (χ2n) is 20.1. The van der Waals surface area contributed by atoms with Gasteiger partial charge < -0.3 is 49.2 Å². The average Bonchev–Trinajstić information content (AvgIpc) is 3.37. The number of amides is 2. The van der Waals surface area contributed by atoms with E-state index in [4.69, 9.17) is 18.9 Å². The molecule has 2 saturated heterocycles. The highest BCUT2D eigenvalue weighted by atomic mass is 16.6. The lowest BCUT2D eigenvalue weighted by Gasteiger charge is -2.32. The van der Waals surface area contributed by atoms with Crippen LogP contribution in [0.1, 0.15) is 181 Å². The minimum Gasteiger partial charge on any atom is -0.462 e. The van der Waals surface area contributed by atoms with Gasteiger partial charge in [-0.15, -0.1) is 0 Å². The largest absolute Gasteiger partial charge is 0.462 e. The molecule has 2 fully saturated rings. The van der Waals surface area contributed by atoms with Crippen LogP contribution in [-0.2, 0) is 28.5 Å². The first kappa shape index (κ1) is 64.4. The molecule has 14 heteroatoms. The maximum atomic E-state index is 13.3. The number of carbonyl (C=O) groups excluding carboxylic acids is 4. The highest BCUT2D eigenvalue weighted by Gasteiger charge is 2.32. The van der Waals surface area contributed by atoms with Crippen molar-refractivity contribution in [2.45, 2.75) is 193 Å². The van der Waals surface area contributed by atoms with Gasteiger partial charge in [-0.25, -0.2) is 9.59 Å². The number of nitrogens with one attached hydrogen (secondary N) is 2. The van der Waals surface area contributed by atoms with Crippen molar-refractivity contribution >= 4 is 24.1 Å². The Morgan fingerprint density at radius 3 is 1.12 bits per heavy atom. The number of piperazine rings is 2. The smallest absolute Gasteiger partial charge is 0.407 e. The van der Waals surface area contributed by atoms with Crippen molar-refractivity contribution in [1.82, 2.24) is 30.2 Å². The second kappa shape index (κ2) is 45.9. The number of hydrogen-bond acceptors (Lipinski definition) is 12. The summed E-state index contributed by atoms with van der Waals surface area (Å²) in [5.41, 5.74) is 0. The molecular weight excluding hydrogens is 909 g/mol. The lowest BCUT2D eigenvalue weighted by atomic mass is 10.1. The normalized spacial score (nSPS) is 16.2. The fourth-order valence-corrected chi connectivity index (χ4v) is 8.58. The molecule has 0 aromatic heterocycles. The predicted octanol–water partition coefficient (Wildman–Crippen LogP) is 11.2. The molecule has 2 atom stereocenters. The maximum absolute atomic E-state index is 13.3. The molecule has 0 spiro atoms. The minimum absolute atomic E-state index is 0.220. The van der Waals surface area contributed by atoms with E-state index in [2.05, 4.69) is 107 Å². The molecule has 0 bridgehead atoms. The number of alkyl carbamates (subject to hydrolysis) is 2. The Hall–Kier alpha value is -3.72. The standard InChI is InChI=1S/C58H104N6O8/c1-5-7-9-11-13-15-17-19-21-23-25-27-29-31-33-37-55(65)69-51-53(71-57(67)59-39-35-41-63-47-43-61(3)44-48-63)54(72-58(68)60-40-36-42-64-49-45-62(4)46-50-64)52-70-56(66)38-34-32-30-28-26-24-22-20-18-16-14-12-10-8-6-2/h13-16,19-22,53-54H,5-12,17-18,23-52H2,1-4H3,(H,59,67)(H,60,68)/b15-13-,16-14-,21-19-,22-20-. The second-order valence-corrected chi connectivity index (χ2v) is 20.1. The van der Waals surface area contributed by atoms with E-state index in [0.717, 1.165) is 155 Å². The molecule has 2 aliphatic rings. The SMILES string of the molecule is CCCCC/C=C\C/C=C\CCCCCCCC(=O)OCC(OC(=O)NCCCN1CCN(C)CC1)C(COC(=O)CCCCCCC/C=C\C/C=C\CCCCC)OC(=O)NCCCN1CCN(C)CC1. The van der Waals surface area contributed by atoms with E-state index < -0.39 is 36.3 Å². The Morgan fingerprint density at radius 1 is 0.431 bits per heavy atom. The molecule has 0 saturated carbocycles. The maximum Gasteiger partial charge on any atom is 0.407 e. The van der Waals surface area contributed by atoms with Crippen LogP contribution in [0.2, 0.25) is 0 Å². The molecule has 0 aromatic carbocycles. The van der Waals surface area contributed by atoms with Gasteiger partial charge in [0.2, 0.25) is 0 Å². The van der Waals surface area contributed by atoms with Gasteiger partial charge in [0.15, 0.2) is 12.2 Å². The molecular formula is C58H104N6O8. The molecule has 414 valence electrons. The molecule has 0 aromatic rings. The molecule has 2 unspecified atom stereocenters. The molecule has 2 N–H and O–H groups in total. The van der Waals surface area contributed by atoms with E-state index in [1.54, 1.807) is 0 Å². The number of allylic oxidation sites excluding steroid dienone is 8. The summed E-state index contributed by atoms with van der Waals surface area (Å²) < 4.78 is 23.1. The molecule has 0 radical (unpaired) electrons. The number of nitrogens with zero attached hydrogens (tertiary/aromatic N) is 4. The topological polar surface area (TPSA) is 142 Å². The van der Waals surface area contributed by atoms with Crippen LogP contribution >= 0.6 is 0 Å². The number of rotatable bonds is 43. The first-order valence-electron chi connectivity index (χ1n) is 28.8. The third kappa shape index (κ3) is 37.9. The molecule has 2 amide bonds. The number of likely N-dealkylation sites (N-methyl/N-ethyl adjacent to an activating group) is 2. The zero-order chi connectivity index (χ0) is 52.0. The number of hydrogen-bond donors (Lipinski definition) is 2.